The number of anilines is 1. The van der Waals surface area contributed by atoms with Crippen LogP contribution in [0.1, 0.15) is 40.4 Å². The predicted molar refractivity (Wildman–Crippen MR) is 100 cm³/mol. The molecular formula is C19H19ClFNO3S. The molecule has 2 atom stereocenters. The fourth-order valence-corrected chi connectivity index (χ4v) is 4.21. The van der Waals surface area contributed by atoms with E-state index in [-0.39, 0.29) is 10.7 Å². The van der Waals surface area contributed by atoms with E-state index in [1.54, 1.807) is 0 Å². The van der Waals surface area contributed by atoms with Crippen molar-refractivity contribution in [1.29, 1.82) is 0 Å². The van der Waals surface area contributed by atoms with Gasteiger partial charge >= 0.3 is 5.97 Å². The van der Waals surface area contributed by atoms with Crippen LogP contribution in [0.2, 0.25) is 5.02 Å². The summed E-state index contributed by atoms with van der Waals surface area (Å²) in [5.74, 6) is -0.915. The first-order valence-corrected chi connectivity index (χ1v) is 9.61. The van der Waals surface area contributed by atoms with Gasteiger partial charge in [0, 0.05) is 4.88 Å². The molecule has 26 heavy (non-hydrogen) atoms. The third-order valence-electron chi connectivity index (χ3n) is 4.37. The molecular weight excluding hydrogens is 377 g/mol. The molecule has 1 amide bonds. The van der Waals surface area contributed by atoms with E-state index in [4.69, 9.17) is 16.3 Å². The lowest BCUT2D eigenvalue weighted by molar-refractivity contribution is -0.123. The van der Waals surface area contributed by atoms with Crippen LogP contribution in [-0.2, 0) is 22.4 Å². The lowest BCUT2D eigenvalue weighted by atomic mass is 9.90. The van der Waals surface area contributed by atoms with E-state index >= 15 is 0 Å². The largest absolute Gasteiger partial charge is 0.448 e. The molecule has 0 saturated carbocycles. The zero-order chi connectivity index (χ0) is 18.8. The summed E-state index contributed by atoms with van der Waals surface area (Å²) in [4.78, 5) is 26.3. The standard InChI is InChI=1S/C19H19ClFNO3S/c1-10-3-6-16-12(7-10)8-17(26-16)19(24)25-11(2)18(23)22-15-5-4-13(21)9-14(15)20/h4-5,8-11H,3,6-7H2,1-2H3,(H,22,23)/t10-,11+/m0/s1. The van der Waals surface area contributed by atoms with Gasteiger partial charge in [0.15, 0.2) is 6.10 Å². The van der Waals surface area contributed by atoms with Crippen molar-refractivity contribution in [1.82, 2.24) is 0 Å². The number of rotatable bonds is 4. The number of thiophene rings is 1. The third kappa shape index (κ3) is 4.24. The van der Waals surface area contributed by atoms with Crippen molar-refractivity contribution < 1.29 is 18.7 Å². The highest BCUT2D eigenvalue weighted by Gasteiger charge is 2.24. The van der Waals surface area contributed by atoms with Crippen LogP contribution in [0.5, 0.6) is 0 Å². The molecule has 2 aromatic rings. The number of fused-ring (bicyclic) bond motifs is 1. The number of nitrogens with one attached hydrogen (secondary N) is 1. The first-order valence-electron chi connectivity index (χ1n) is 8.42. The summed E-state index contributed by atoms with van der Waals surface area (Å²) in [6, 6.07) is 5.53. The molecule has 4 nitrogen and oxygen atoms in total. The van der Waals surface area contributed by atoms with Crippen molar-refractivity contribution >= 4 is 40.5 Å². The fraction of sp³-hybridized carbons (Fsp3) is 0.368. The van der Waals surface area contributed by atoms with E-state index in [2.05, 4.69) is 12.2 Å². The minimum atomic E-state index is -0.998. The van der Waals surface area contributed by atoms with Crippen LogP contribution in [0.4, 0.5) is 10.1 Å². The first-order chi connectivity index (χ1) is 12.3. The zero-order valence-electron chi connectivity index (χ0n) is 14.5. The molecule has 1 N–H and O–H groups in total. The molecule has 7 heteroatoms. The molecule has 1 heterocycles. The van der Waals surface area contributed by atoms with Gasteiger partial charge in [-0.1, -0.05) is 18.5 Å². The van der Waals surface area contributed by atoms with E-state index in [0.29, 0.717) is 10.8 Å². The van der Waals surface area contributed by atoms with Crippen LogP contribution < -0.4 is 5.32 Å². The van der Waals surface area contributed by atoms with Crippen molar-refractivity contribution in [3.05, 3.63) is 50.4 Å². The van der Waals surface area contributed by atoms with Gasteiger partial charge in [-0.25, -0.2) is 9.18 Å². The second-order valence-corrected chi connectivity index (χ2v) is 8.11. The summed E-state index contributed by atoms with van der Waals surface area (Å²) in [5.41, 5.74) is 1.47. The van der Waals surface area contributed by atoms with Crippen molar-refractivity contribution in [2.75, 3.05) is 5.32 Å². The number of carbonyl (C=O) groups is 2. The number of carbonyl (C=O) groups excluding carboxylic acids is 2. The Morgan fingerprint density at radius 2 is 2.15 bits per heavy atom. The van der Waals surface area contributed by atoms with E-state index < -0.39 is 23.8 Å². The maximum Gasteiger partial charge on any atom is 0.349 e. The Balaban J connectivity index is 1.62. The molecule has 1 aromatic carbocycles. The smallest absolute Gasteiger partial charge is 0.349 e. The number of hydrogen-bond acceptors (Lipinski definition) is 4. The lowest BCUT2D eigenvalue weighted by Crippen LogP contribution is -2.29. The molecule has 0 spiro atoms. The van der Waals surface area contributed by atoms with Gasteiger partial charge < -0.3 is 10.1 Å². The SMILES string of the molecule is C[C@H]1CCc2sc(C(=O)O[C@H](C)C(=O)Nc3ccc(F)cc3Cl)cc2C1. The molecule has 0 radical (unpaired) electrons. The second-order valence-electron chi connectivity index (χ2n) is 6.57. The number of benzene rings is 1. The number of aryl methyl sites for hydroxylation is 1. The topological polar surface area (TPSA) is 55.4 Å². The van der Waals surface area contributed by atoms with Gasteiger partial charge in [0.1, 0.15) is 10.7 Å². The molecule has 0 saturated heterocycles. The van der Waals surface area contributed by atoms with E-state index in [9.17, 15) is 14.0 Å². The monoisotopic (exact) mass is 395 g/mol. The second kappa shape index (κ2) is 7.76. The molecule has 0 unspecified atom stereocenters. The van der Waals surface area contributed by atoms with Gasteiger partial charge in [-0.05, 0) is 61.9 Å². The summed E-state index contributed by atoms with van der Waals surface area (Å²) in [6.07, 6.45) is 2.08. The number of ether oxygens (including phenoxy) is 1. The van der Waals surface area contributed by atoms with Crippen molar-refractivity contribution in [2.45, 2.75) is 39.2 Å². The molecule has 0 fully saturated rings. The molecule has 1 aliphatic rings. The summed E-state index contributed by atoms with van der Waals surface area (Å²) in [5, 5.41) is 2.62. The van der Waals surface area contributed by atoms with Gasteiger partial charge in [-0.15, -0.1) is 11.3 Å². The van der Waals surface area contributed by atoms with Crippen LogP contribution in [0.3, 0.4) is 0 Å². The third-order valence-corrected chi connectivity index (χ3v) is 5.90. The molecule has 0 bridgehead atoms. The highest BCUT2D eigenvalue weighted by molar-refractivity contribution is 7.14. The van der Waals surface area contributed by atoms with Gasteiger partial charge in [-0.2, -0.15) is 0 Å². The van der Waals surface area contributed by atoms with Crippen LogP contribution in [0.25, 0.3) is 0 Å². The van der Waals surface area contributed by atoms with Gasteiger partial charge in [-0.3, -0.25) is 4.79 Å². The number of halogens is 2. The number of hydrogen-bond donors (Lipinski definition) is 1. The Morgan fingerprint density at radius 3 is 2.88 bits per heavy atom. The summed E-state index contributed by atoms with van der Waals surface area (Å²) in [6.45, 7) is 3.69. The Bertz CT molecular complexity index is 851. The fourth-order valence-electron chi connectivity index (χ4n) is 2.90. The van der Waals surface area contributed by atoms with Gasteiger partial charge in [0.05, 0.1) is 10.7 Å². The molecule has 138 valence electrons. The average molecular weight is 396 g/mol. The molecule has 3 rings (SSSR count). The Labute approximate surface area is 160 Å². The van der Waals surface area contributed by atoms with Crippen molar-refractivity contribution in [3.63, 3.8) is 0 Å². The number of amides is 1. The Hall–Kier alpha value is -1.92. The van der Waals surface area contributed by atoms with Crippen molar-refractivity contribution in [3.8, 4) is 0 Å². The first kappa shape index (κ1) is 18.9. The minimum absolute atomic E-state index is 0.0805. The van der Waals surface area contributed by atoms with Crippen LogP contribution in [0.15, 0.2) is 24.3 Å². The molecule has 1 aromatic heterocycles. The highest BCUT2D eigenvalue weighted by atomic mass is 35.5. The normalized spacial score (nSPS) is 17.3. The van der Waals surface area contributed by atoms with Gasteiger partial charge in [0.2, 0.25) is 0 Å². The number of esters is 1. The summed E-state index contributed by atoms with van der Waals surface area (Å²) >= 11 is 7.33. The quantitative estimate of drug-likeness (QED) is 0.753. The molecule has 1 aliphatic carbocycles. The zero-order valence-corrected chi connectivity index (χ0v) is 16.0. The maximum absolute atomic E-state index is 13.1. The predicted octanol–water partition coefficient (Wildman–Crippen LogP) is 4.85. The van der Waals surface area contributed by atoms with E-state index in [0.717, 1.165) is 25.3 Å². The van der Waals surface area contributed by atoms with Crippen molar-refractivity contribution in [2.24, 2.45) is 5.92 Å². The Morgan fingerprint density at radius 1 is 1.38 bits per heavy atom. The van der Waals surface area contributed by atoms with E-state index in [1.807, 2.05) is 6.07 Å². The average Bonchev–Trinajstić information content (AvgIpc) is 3.00. The molecule has 0 aliphatic heterocycles. The highest BCUT2D eigenvalue weighted by Crippen LogP contribution is 2.32. The Kier molecular flexibility index (Phi) is 5.63. The van der Waals surface area contributed by atoms with Crippen LogP contribution in [-0.4, -0.2) is 18.0 Å². The minimum Gasteiger partial charge on any atom is -0.448 e. The van der Waals surface area contributed by atoms with Crippen LogP contribution >= 0.6 is 22.9 Å². The summed E-state index contributed by atoms with van der Waals surface area (Å²) < 4.78 is 18.3. The van der Waals surface area contributed by atoms with E-state index in [1.165, 1.54) is 40.8 Å². The van der Waals surface area contributed by atoms with Gasteiger partial charge in [0.25, 0.3) is 5.91 Å². The lowest BCUT2D eigenvalue weighted by Gasteiger charge is -2.16. The maximum atomic E-state index is 13.1. The summed E-state index contributed by atoms with van der Waals surface area (Å²) in [7, 11) is 0. The van der Waals surface area contributed by atoms with Crippen LogP contribution in [0, 0.1) is 11.7 Å².